The van der Waals surface area contributed by atoms with Crippen LogP contribution in [0.25, 0.3) is 11.6 Å². The van der Waals surface area contributed by atoms with Crippen molar-refractivity contribution in [3.8, 4) is 5.75 Å². The zero-order valence-corrected chi connectivity index (χ0v) is 15.6. The Morgan fingerprint density at radius 3 is 2.26 bits per heavy atom. The van der Waals surface area contributed by atoms with Gasteiger partial charge in [-0.1, -0.05) is 67.6 Å². The second kappa shape index (κ2) is 8.86. The quantitative estimate of drug-likeness (QED) is 0.471. The highest BCUT2D eigenvalue weighted by molar-refractivity contribution is 6.29. The molecule has 3 heteroatoms. The maximum atomic E-state index is 13.1. The summed E-state index contributed by atoms with van der Waals surface area (Å²) in [6, 6.07) is 25.2. The number of methoxy groups -OCH3 is 1. The van der Waals surface area contributed by atoms with E-state index < -0.39 is 0 Å². The number of hydrogen-bond donors (Lipinski definition) is 1. The average Bonchev–Trinajstić information content (AvgIpc) is 2.73. The lowest BCUT2D eigenvalue weighted by Gasteiger charge is -2.13. The van der Waals surface area contributed by atoms with E-state index in [1.807, 2.05) is 84.9 Å². The molecule has 0 unspecified atom stereocenters. The molecule has 0 aliphatic heterocycles. The number of ether oxygens (including phenoxy) is 1. The fourth-order valence-electron chi connectivity index (χ4n) is 2.90. The number of benzene rings is 3. The third kappa shape index (κ3) is 4.64. The second-order valence-corrected chi connectivity index (χ2v) is 6.16. The van der Waals surface area contributed by atoms with Crippen molar-refractivity contribution < 1.29 is 9.53 Å². The molecule has 1 N–H and O–H groups in total. The highest BCUT2D eigenvalue weighted by atomic mass is 16.5. The summed E-state index contributed by atoms with van der Waals surface area (Å²) in [5.41, 5.74) is 4.39. The number of carbonyl (C=O) groups is 1. The molecule has 0 saturated heterocycles. The second-order valence-electron chi connectivity index (χ2n) is 6.16. The van der Waals surface area contributed by atoms with Crippen molar-refractivity contribution in [1.82, 2.24) is 0 Å². The zero-order valence-electron chi connectivity index (χ0n) is 15.6. The Kier molecular flexibility index (Phi) is 6.06. The first-order valence-electron chi connectivity index (χ1n) is 9.01. The summed E-state index contributed by atoms with van der Waals surface area (Å²) in [7, 11) is 1.64. The van der Waals surface area contributed by atoms with Crippen LogP contribution in [0, 0.1) is 0 Å². The Morgan fingerprint density at radius 1 is 0.926 bits per heavy atom. The van der Waals surface area contributed by atoms with Crippen LogP contribution >= 0.6 is 0 Å². The van der Waals surface area contributed by atoms with Gasteiger partial charge in [0.1, 0.15) is 5.75 Å². The van der Waals surface area contributed by atoms with E-state index in [1.165, 1.54) is 0 Å². The number of anilines is 1. The Hall–Kier alpha value is -3.33. The monoisotopic (exact) mass is 357 g/mol. The van der Waals surface area contributed by atoms with Crippen molar-refractivity contribution in [2.24, 2.45) is 0 Å². The van der Waals surface area contributed by atoms with Crippen molar-refractivity contribution in [1.29, 1.82) is 0 Å². The normalized spacial score (nSPS) is 11.1. The number of nitrogens with one attached hydrogen (secondary N) is 1. The van der Waals surface area contributed by atoms with Crippen LogP contribution in [-0.4, -0.2) is 13.0 Å². The lowest BCUT2D eigenvalue weighted by Crippen LogP contribution is -2.14. The maximum absolute atomic E-state index is 13.1. The lowest BCUT2D eigenvalue weighted by atomic mass is 10.0. The van der Waals surface area contributed by atoms with E-state index in [0.29, 0.717) is 5.57 Å². The van der Waals surface area contributed by atoms with E-state index in [4.69, 9.17) is 4.74 Å². The van der Waals surface area contributed by atoms with Gasteiger partial charge < -0.3 is 10.1 Å². The number of hydrogen-bond acceptors (Lipinski definition) is 2. The van der Waals surface area contributed by atoms with Crippen LogP contribution in [0.1, 0.15) is 23.6 Å². The van der Waals surface area contributed by atoms with Gasteiger partial charge in [0.15, 0.2) is 0 Å². The molecule has 3 aromatic carbocycles. The van der Waals surface area contributed by atoms with Gasteiger partial charge in [-0.05, 0) is 47.4 Å². The molecular weight excluding hydrogens is 334 g/mol. The van der Waals surface area contributed by atoms with Gasteiger partial charge in [-0.15, -0.1) is 0 Å². The minimum absolute atomic E-state index is 0.127. The van der Waals surface area contributed by atoms with Gasteiger partial charge in [0.05, 0.1) is 7.11 Å². The molecule has 0 radical (unpaired) electrons. The molecule has 3 rings (SSSR count). The third-order valence-electron chi connectivity index (χ3n) is 4.40. The molecule has 0 heterocycles. The molecule has 1 amide bonds. The summed E-state index contributed by atoms with van der Waals surface area (Å²) >= 11 is 0. The minimum atomic E-state index is -0.127. The molecule has 3 aromatic rings. The Labute approximate surface area is 160 Å². The van der Waals surface area contributed by atoms with Crippen LogP contribution < -0.4 is 10.1 Å². The van der Waals surface area contributed by atoms with Gasteiger partial charge >= 0.3 is 0 Å². The number of rotatable bonds is 6. The van der Waals surface area contributed by atoms with E-state index in [-0.39, 0.29) is 5.91 Å². The van der Waals surface area contributed by atoms with Gasteiger partial charge in [0.25, 0.3) is 5.91 Å². The Morgan fingerprint density at radius 2 is 1.59 bits per heavy atom. The van der Waals surface area contributed by atoms with Gasteiger partial charge in [-0.3, -0.25) is 4.79 Å². The van der Waals surface area contributed by atoms with Crippen molar-refractivity contribution >= 4 is 23.2 Å². The molecular formula is C24H23NO2. The molecule has 3 nitrogen and oxygen atoms in total. The van der Waals surface area contributed by atoms with Gasteiger partial charge in [0.2, 0.25) is 0 Å². The van der Waals surface area contributed by atoms with Crippen LogP contribution in [0.4, 0.5) is 5.69 Å². The predicted molar refractivity (Wildman–Crippen MR) is 112 cm³/mol. The summed E-state index contributed by atoms with van der Waals surface area (Å²) in [6.45, 7) is 2.08. The molecule has 0 aliphatic carbocycles. The van der Waals surface area contributed by atoms with Gasteiger partial charge in [-0.25, -0.2) is 0 Å². The fourth-order valence-corrected chi connectivity index (χ4v) is 2.90. The first-order valence-corrected chi connectivity index (χ1v) is 9.01. The summed E-state index contributed by atoms with van der Waals surface area (Å²) in [5.74, 6) is 0.660. The van der Waals surface area contributed by atoms with E-state index in [2.05, 4.69) is 12.2 Å². The molecule has 27 heavy (non-hydrogen) atoms. The first-order chi connectivity index (χ1) is 13.2. The number of carbonyl (C=O) groups excluding carboxylic acids is 1. The molecule has 0 saturated carbocycles. The van der Waals surface area contributed by atoms with Crippen LogP contribution in [0.15, 0.2) is 78.9 Å². The molecule has 0 spiro atoms. The van der Waals surface area contributed by atoms with E-state index in [0.717, 1.165) is 34.5 Å². The molecule has 0 fully saturated rings. The molecule has 0 atom stereocenters. The topological polar surface area (TPSA) is 38.3 Å². The Bertz CT molecular complexity index is 928. The van der Waals surface area contributed by atoms with E-state index in [9.17, 15) is 4.79 Å². The van der Waals surface area contributed by atoms with E-state index in [1.54, 1.807) is 7.11 Å². The van der Waals surface area contributed by atoms with Crippen LogP contribution in [0.3, 0.4) is 0 Å². The molecule has 0 bridgehead atoms. The van der Waals surface area contributed by atoms with Gasteiger partial charge in [-0.2, -0.15) is 0 Å². The standard InChI is InChI=1S/C24H23NO2/c1-3-19-9-7-8-12-23(19)25-24(26)22(20-10-5-4-6-11-20)17-18-13-15-21(27-2)16-14-18/h4-17H,3H2,1-2H3,(H,25,26)/b22-17+. The maximum Gasteiger partial charge on any atom is 0.256 e. The molecule has 0 aliphatic rings. The van der Waals surface area contributed by atoms with Gasteiger partial charge in [0, 0.05) is 11.3 Å². The minimum Gasteiger partial charge on any atom is -0.497 e. The fraction of sp³-hybridized carbons (Fsp3) is 0.125. The van der Waals surface area contributed by atoms with Crippen LogP contribution in [0.5, 0.6) is 5.75 Å². The number of amides is 1. The Balaban J connectivity index is 1.96. The van der Waals surface area contributed by atoms with Crippen molar-refractivity contribution in [2.45, 2.75) is 13.3 Å². The molecule has 136 valence electrons. The number of aryl methyl sites for hydroxylation is 1. The zero-order chi connectivity index (χ0) is 19.1. The van der Waals surface area contributed by atoms with Crippen molar-refractivity contribution in [3.63, 3.8) is 0 Å². The number of para-hydroxylation sites is 1. The predicted octanol–water partition coefficient (Wildman–Crippen LogP) is 5.44. The summed E-state index contributed by atoms with van der Waals surface area (Å²) in [5, 5.41) is 3.07. The summed E-state index contributed by atoms with van der Waals surface area (Å²) in [6.07, 6.45) is 2.76. The smallest absolute Gasteiger partial charge is 0.256 e. The summed E-state index contributed by atoms with van der Waals surface area (Å²) < 4.78 is 5.21. The highest BCUT2D eigenvalue weighted by Crippen LogP contribution is 2.23. The lowest BCUT2D eigenvalue weighted by molar-refractivity contribution is -0.111. The first kappa shape index (κ1) is 18.5. The summed E-state index contributed by atoms with van der Waals surface area (Å²) in [4.78, 5) is 13.1. The SMILES string of the molecule is CCc1ccccc1NC(=O)/C(=C/c1ccc(OC)cc1)c1ccccc1. The van der Waals surface area contributed by atoms with Crippen molar-refractivity contribution in [3.05, 3.63) is 95.6 Å². The largest absolute Gasteiger partial charge is 0.497 e. The van der Waals surface area contributed by atoms with E-state index >= 15 is 0 Å². The van der Waals surface area contributed by atoms with Crippen molar-refractivity contribution in [2.75, 3.05) is 12.4 Å². The average molecular weight is 357 g/mol. The van der Waals surface area contributed by atoms with Crippen LogP contribution in [-0.2, 0) is 11.2 Å². The highest BCUT2D eigenvalue weighted by Gasteiger charge is 2.13. The molecule has 0 aromatic heterocycles. The van der Waals surface area contributed by atoms with Crippen LogP contribution in [0.2, 0.25) is 0 Å². The third-order valence-corrected chi connectivity index (χ3v) is 4.40.